The van der Waals surface area contributed by atoms with Gasteiger partial charge in [-0.2, -0.15) is 4.31 Å². The predicted octanol–water partition coefficient (Wildman–Crippen LogP) is 1.48. The van der Waals surface area contributed by atoms with E-state index in [1.54, 1.807) is 12.1 Å². The molecule has 9 nitrogen and oxygen atoms in total. The summed E-state index contributed by atoms with van der Waals surface area (Å²) in [4.78, 5) is 15.6. The van der Waals surface area contributed by atoms with E-state index in [9.17, 15) is 13.2 Å². The zero-order chi connectivity index (χ0) is 23.3. The molecule has 2 saturated heterocycles. The minimum atomic E-state index is -3.80. The van der Waals surface area contributed by atoms with Gasteiger partial charge in [-0.05, 0) is 31.0 Å². The minimum Gasteiger partial charge on any atom is -0.495 e. The predicted molar refractivity (Wildman–Crippen MR) is 123 cm³/mol. The van der Waals surface area contributed by atoms with Gasteiger partial charge in [0.1, 0.15) is 10.6 Å². The molecule has 2 heterocycles. The molecule has 0 bridgehead atoms. The van der Waals surface area contributed by atoms with Gasteiger partial charge >= 0.3 is 0 Å². The normalized spacial score (nSPS) is 22.6. The summed E-state index contributed by atoms with van der Waals surface area (Å²) in [7, 11) is -2.37. The molecule has 3 fully saturated rings. The van der Waals surface area contributed by atoms with Crippen LogP contribution in [-0.2, 0) is 19.5 Å². The van der Waals surface area contributed by atoms with E-state index in [-0.39, 0.29) is 35.2 Å². The number of morpholine rings is 2. The van der Waals surface area contributed by atoms with Crippen LogP contribution in [0.3, 0.4) is 0 Å². The first-order chi connectivity index (χ1) is 16.0. The van der Waals surface area contributed by atoms with Gasteiger partial charge in [0.05, 0.1) is 33.5 Å². The summed E-state index contributed by atoms with van der Waals surface area (Å²) >= 11 is 0. The second kappa shape index (κ2) is 10.7. The van der Waals surface area contributed by atoms with E-state index in [1.165, 1.54) is 23.9 Å². The van der Waals surface area contributed by atoms with Gasteiger partial charge in [0.15, 0.2) is 0 Å². The zero-order valence-corrected chi connectivity index (χ0v) is 20.2. The molecule has 0 aromatic heterocycles. The summed E-state index contributed by atoms with van der Waals surface area (Å²) in [5.74, 6) is -0.0376. The van der Waals surface area contributed by atoms with Gasteiger partial charge in [0.2, 0.25) is 10.0 Å². The Kier molecular flexibility index (Phi) is 7.91. The lowest BCUT2D eigenvalue weighted by atomic mass is 9.79. The first kappa shape index (κ1) is 24.4. The minimum absolute atomic E-state index is 0.0140. The summed E-state index contributed by atoms with van der Waals surface area (Å²) < 4.78 is 44.0. The number of carbonyl (C=O) groups excluding carboxylic acids is 1. The standard InChI is InChI=1S/C23H35N3O6S/c1-30-20-6-5-19(17-21(20)33(28,29)26-11-15-32-16-12-26)22(27)24-18-23(7-3-2-4-8-23)25-9-13-31-14-10-25/h5-6,17H,2-4,7-16,18H2,1H3,(H,24,27). The van der Waals surface area contributed by atoms with E-state index in [2.05, 4.69) is 10.2 Å². The third kappa shape index (κ3) is 5.35. The third-order valence-corrected chi connectivity index (χ3v) is 8.98. The highest BCUT2D eigenvalue weighted by atomic mass is 32.2. The molecule has 33 heavy (non-hydrogen) atoms. The number of hydrogen-bond acceptors (Lipinski definition) is 7. The van der Waals surface area contributed by atoms with Crippen LogP contribution in [0.2, 0.25) is 0 Å². The molecule has 3 aliphatic rings. The van der Waals surface area contributed by atoms with Crippen molar-refractivity contribution < 1.29 is 27.4 Å². The van der Waals surface area contributed by atoms with Gasteiger partial charge in [-0.3, -0.25) is 9.69 Å². The second-order valence-corrected chi connectivity index (χ2v) is 10.9. The summed E-state index contributed by atoms with van der Waals surface area (Å²) in [5, 5.41) is 3.11. The number of ether oxygens (including phenoxy) is 3. The van der Waals surface area contributed by atoms with E-state index < -0.39 is 10.0 Å². The number of carbonyl (C=O) groups is 1. The number of sulfonamides is 1. The Labute approximate surface area is 196 Å². The lowest BCUT2D eigenvalue weighted by molar-refractivity contribution is -0.0361. The molecule has 0 radical (unpaired) electrons. The van der Waals surface area contributed by atoms with E-state index in [0.717, 1.165) is 52.0 Å². The van der Waals surface area contributed by atoms with Crippen molar-refractivity contribution >= 4 is 15.9 Å². The van der Waals surface area contributed by atoms with Crippen LogP contribution in [0.15, 0.2) is 23.1 Å². The quantitative estimate of drug-likeness (QED) is 0.630. The number of amides is 1. The fraction of sp³-hybridized carbons (Fsp3) is 0.696. The molecule has 0 atom stereocenters. The van der Waals surface area contributed by atoms with E-state index in [4.69, 9.17) is 14.2 Å². The molecule has 1 amide bonds. The number of hydrogen-bond donors (Lipinski definition) is 1. The summed E-state index contributed by atoms with van der Waals surface area (Å²) in [5.41, 5.74) is 0.253. The lowest BCUT2D eigenvalue weighted by Gasteiger charge is -2.48. The second-order valence-electron chi connectivity index (χ2n) is 8.95. The molecule has 10 heteroatoms. The molecule has 1 aromatic rings. The first-order valence-electron chi connectivity index (χ1n) is 11.8. The van der Waals surface area contributed by atoms with Crippen LogP contribution in [0.5, 0.6) is 5.75 Å². The Morgan fingerprint density at radius 1 is 1.03 bits per heavy atom. The number of benzene rings is 1. The number of methoxy groups -OCH3 is 1. The summed E-state index contributed by atoms with van der Waals surface area (Å²) in [6.45, 7) is 5.00. The fourth-order valence-electron chi connectivity index (χ4n) is 5.14. The molecule has 1 aliphatic carbocycles. The topological polar surface area (TPSA) is 97.4 Å². The SMILES string of the molecule is COc1ccc(C(=O)NCC2(N3CCOCC3)CCCCC2)cc1S(=O)(=O)N1CCOCC1. The van der Waals surface area contributed by atoms with Crippen LogP contribution in [0, 0.1) is 0 Å². The molecule has 1 aromatic carbocycles. The Bertz CT molecular complexity index is 920. The molecule has 0 unspecified atom stereocenters. The first-order valence-corrected chi connectivity index (χ1v) is 13.3. The monoisotopic (exact) mass is 481 g/mol. The van der Waals surface area contributed by atoms with E-state index in [0.29, 0.717) is 25.3 Å². The third-order valence-electron chi connectivity index (χ3n) is 7.06. The van der Waals surface area contributed by atoms with Crippen molar-refractivity contribution in [2.75, 3.05) is 66.3 Å². The van der Waals surface area contributed by atoms with Gasteiger partial charge in [0.25, 0.3) is 5.91 Å². The lowest BCUT2D eigenvalue weighted by Crippen LogP contribution is -2.59. The van der Waals surface area contributed by atoms with Gasteiger partial charge < -0.3 is 19.5 Å². The van der Waals surface area contributed by atoms with Crippen molar-refractivity contribution in [2.24, 2.45) is 0 Å². The average molecular weight is 482 g/mol. The molecule has 0 spiro atoms. The average Bonchev–Trinajstić information content (AvgIpc) is 2.88. The van der Waals surface area contributed by atoms with E-state index in [1.807, 2.05) is 0 Å². The van der Waals surface area contributed by atoms with Crippen LogP contribution >= 0.6 is 0 Å². The molecule has 1 saturated carbocycles. The fourth-order valence-corrected chi connectivity index (χ4v) is 6.73. The number of nitrogens with zero attached hydrogens (tertiary/aromatic N) is 2. The van der Waals surface area contributed by atoms with Gasteiger partial charge in [-0.15, -0.1) is 0 Å². The molecule has 184 valence electrons. The zero-order valence-electron chi connectivity index (χ0n) is 19.4. The van der Waals surface area contributed by atoms with Crippen LogP contribution in [0.25, 0.3) is 0 Å². The van der Waals surface area contributed by atoms with E-state index >= 15 is 0 Å². The Morgan fingerprint density at radius 3 is 2.30 bits per heavy atom. The van der Waals surface area contributed by atoms with Crippen LogP contribution < -0.4 is 10.1 Å². The van der Waals surface area contributed by atoms with Gasteiger partial charge in [0, 0.05) is 43.8 Å². The largest absolute Gasteiger partial charge is 0.495 e. The molecule has 2 aliphatic heterocycles. The molecule has 1 N–H and O–H groups in total. The van der Waals surface area contributed by atoms with Crippen LogP contribution in [-0.4, -0.2) is 95.3 Å². The van der Waals surface area contributed by atoms with Crippen molar-refractivity contribution in [1.82, 2.24) is 14.5 Å². The Morgan fingerprint density at radius 2 is 1.67 bits per heavy atom. The summed E-state index contributed by atoms with van der Waals surface area (Å²) in [6.07, 6.45) is 5.62. The maximum Gasteiger partial charge on any atom is 0.251 e. The molecular weight excluding hydrogens is 446 g/mol. The van der Waals surface area contributed by atoms with Gasteiger partial charge in [-0.1, -0.05) is 19.3 Å². The van der Waals surface area contributed by atoms with Crippen LogP contribution in [0.1, 0.15) is 42.5 Å². The highest BCUT2D eigenvalue weighted by molar-refractivity contribution is 7.89. The van der Waals surface area contributed by atoms with Crippen molar-refractivity contribution in [3.8, 4) is 5.75 Å². The number of nitrogens with one attached hydrogen (secondary N) is 1. The molecular formula is C23H35N3O6S. The van der Waals surface area contributed by atoms with Crippen molar-refractivity contribution in [1.29, 1.82) is 0 Å². The number of rotatable bonds is 7. The van der Waals surface area contributed by atoms with Gasteiger partial charge in [-0.25, -0.2) is 8.42 Å². The highest BCUT2D eigenvalue weighted by Crippen LogP contribution is 2.34. The Balaban J connectivity index is 1.52. The maximum absolute atomic E-state index is 13.2. The van der Waals surface area contributed by atoms with Crippen molar-refractivity contribution in [3.05, 3.63) is 23.8 Å². The van der Waals surface area contributed by atoms with Crippen molar-refractivity contribution in [2.45, 2.75) is 42.5 Å². The van der Waals surface area contributed by atoms with Crippen LogP contribution in [0.4, 0.5) is 0 Å². The van der Waals surface area contributed by atoms with Crippen molar-refractivity contribution in [3.63, 3.8) is 0 Å². The smallest absolute Gasteiger partial charge is 0.251 e. The highest BCUT2D eigenvalue weighted by Gasteiger charge is 2.39. The molecule has 4 rings (SSSR count). The summed E-state index contributed by atoms with van der Waals surface area (Å²) in [6, 6.07) is 4.61. The maximum atomic E-state index is 13.2. The Hall–Kier alpha value is -1.72.